The highest BCUT2D eigenvalue weighted by atomic mass is 35.5. The average Bonchev–Trinajstić information content (AvgIpc) is 2.36. The minimum absolute atomic E-state index is 0.0607. The zero-order valence-electron chi connectivity index (χ0n) is 10.2. The largest absolute Gasteiger partial charge is 0.193 e. The minimum atomic E-state index is -0.0607. The van der Waals surface area contributed by atoms with Gasteiger partial charge >= 0.3 is 0 Å². The first-order valence-corrected chi connectivity index (χ1v) is 6.22. The van der Waals surface area contributed by atoms with Gasteiger partial charge in [-0.05, 0) is 35.8 Å². The summed E-state index contributed by atoms with van der Waals surface area (Å²) in [6, 6.07) is 9.97. The molecule has 0 heterocycles. The second kappa shape index (κ2) is 5.25. The maximum absolute atomic E-state index is 8.58. The topological polar surface area (TPSA) is 23.8 Å². The third-order valence-electron chi connectivity index (χ3n) is 3.20. The van der Waals surface area contributed by atoms with Crippen molar-refractivity contribution in [2.45, 2.75) is 18.8 Å². The molecule has 0 saturated carbocycles. The van der Waals surface area contributed by atoms with E-state index in [4.69, 9.17) is 16.9 Å². The van der Waals surface area contributed by atoms with Crippen LogP contribution in [0.3, 0.4) is 0 Å². The molecule has 1 aliphatic carbocycles. The first-order valence-electron chi connectivity index (χ1n) is 5.85. The first kappa shape index (κ1) is 12.7. The molecule has 1 aromatic carbocycles. The highest BCUT2D eigenvalue weighted by Gasteiger charge is 2.26. The molecule has 0 spiro atoms. The van der Waals surface area contributed by atoms with Crippen molar-refractivity contribution in [3.8, 4) is 6.07 Å². The average molecular weight is 256 g/mol. The van der Waals surface area contributed by atoms with Gasteiger partial charge in [0.2, 0.25) is 0 Å². The number of hydrogen-bond donors (Lipinski definition) is 0. The predicted molar refractivity (Wildman–Crippen MR) is 75.4 cm³/mol. The lowest BCUT2D eigenvalue weighted by Gasteiger charge is -2.29. The van der Waals surface area contributed by atoms with E-state index in [1.165, 1.54) is 11.6 Å². The number of rotatable bonds is 2. The van der Waals surface area contributed by atoms with E-state index in [2.05, 4.69) is 19.1 Å². The Morgan fingerprint density at radius 2 is 2.28 bits per heavy atom. The summed E-state index contributed by atoms with van der Waals surface area (Å²) < 4.78 is 0. The normalized spacial score (nSPS) is 22.8. The molecule has 0 saturated heterocycles. The van der Waals surface area contributed by atoms with Crippen LogP contribution < -0.4 is 0 Å². The van der Waals surface area contributed by atoms with Gasteiger partial charge in [0, 0.05) is 16.5 Å². The quantitative estimate of drug-likeness (QED) is 0.711. The maximum atomic E-state index is 8.58. The fraction of sp³-hybridized carbons (Fsp3) is 0.188. The monoisotopic (exact) mass is 255 g/mol. The summed E-state index contributed by atoms with van der Waals surface area (Å²) in [5, 5.41) is 9.34. The first-order chi connectivity index (χ1) is 8.64. The van der Waals surface area contributed by atoms with Crippen molar-refractivity contribution >= 4 is 11.6 Å². The van der Waals surface area contributed by atoms with Gasteiger partial charge in [-0.25, -0.2) is 0 Å². The van der Waals surface area contributed by atoms with E-state index in [0.717, 1.165) is 17.0 Å². The van der Waals surface area contributed by atoms with Crippen molar-refractivity contribution in [2.75, 3.05) is 0 Å². The van der Waals surface area contributed by atoms with Crippen molar-refractivity contribution in [3.63, 3.8) is 0 Å². The summed E-state index contributed by atoms with van der Waals surface area (Å²) in [6.07, 6.45) is 10.5. The molecule has 0 aromatic heterocycles. The van der Waals surface area contributed by atoms with Gasteiger partial charge in [0.05, 0.1) is 6.07 Å². The summed E-state index contributed by atoms with van der Waals surface area (Å²) in [5.41, 5.74) is 2.29. The number of nitriles is 1. The van der Waals surface area contributed by atoms with E-state index in [0.29, 0.717) is 0 Å². The van der Waals surface area contributed by atoms with Gasteiger partial charge in [-0.1, -0.05) is 48.9 Å². The van der Waals surface area contributed by atoms with Gasteiger partial charge in [-0.2, -0.15) is 5.26 Å². The van der Waals surface area contributed by atoms with Crippen LogP contribution >= 0.6 is 11.6 Å². The fourth-order valence-electron chi connectivity index (χ4n) is 2.23. The zero-order valence-corrected chi connectivity index (χ0v) is 11.0. The molecule has 90 valence electrons. The lowest BCUT2D eigenvalue weighted by molar-refractivity contribution is 0.587. The van der Waals surface area contributed by atoms with Crippen LogP contribution in [-0.2, 0) is 5.41 Å². The van der Waals surface area contributed by atoms with Crippen molar-refractivity contribution in [3.05, 3.63) is 70.8 Å². The highest BCUT2D eigenvalue weighted by Crippen LogP contribution is 2.36. The Labute approximate surface area is 113 Å². The van der Waals surface area contributed by atoms with Crippen molar-refractivity contribution in [2.24, 2.45) is 0 Å². The summed E-state index contributed by atoms with van der Waals surface area (Å²) in [4.78, 5) is 0. The standard InChI is InChI=1S/C16H14ClN/c1-16(14-7-2-8-15(17)11-14)9-3-5-13(12-16)6-4-10-18/h2-9,11H,12H2,1H3. The van der Waals surface area contributed by atoms with E-state index < -0.39 is 0 Å². The minimum Gasteiger partial charge on any atom is -0.193 e. The Hall–Kier alpha value is -1.78. The van der Waals surface area contributed by atoms with E-state index in [9.17, 15) is 0 Å². The van der Waals surface area contributed by atoms with Gasteiger partial charge in [-0.3, -0.25) is 0 Å². The number of allylic oxidation sites excluding steroid dienone is 6. The van der Waals surface area contributed by atoms with Crippen LogP contribution in [0.5, 0.6) is 0 Å². The molecule has 0 fully saturated rings. The molecule has 1 aliphatic rings. The third-order valence-corrected chi connectivity index (χ3v) is 3.44. The molecule has 2 heteroatoms. The Morgan fingerprint density at radius 3 is 3.00 bits per heavy atom. The molecule has 0 radical (unpaired) electrons. The number of nitrogens with zero attached hydrogens (tertiary/aromatic N) is 1. The lowest BCUT2D eigenvalue weighted by atomic mass is 9.74. The maximum Gasteiger partial charge on any atom is 0.0912 e. The van der Waals surface area contributed by atoms with Crippen molar-refractivity contribution in [1.82, 2.24) is 0 Å². The third kappa shape index (κ3) is 2.72. The van der Waals surface area contributed by atoms with Gasteiger partial charge < -0.3 is 0 Å². The summed E-state index contributed by atoms with van der Waals surface area (Å²) >= 11 is 6.05. The molecule has 1 nitrogen and oxygen atoms in total. The van der Waals surface area contributed by atoms with Gasteiger partial charge in [0.25, 0.3) is 0 Å². The molecule has 2 rings (SSSR count). The van der Waals surface area contributed by atoms with Gasteiger partial charge in [-0.15, -0.1) is 0 Å². The zero-order chi connectivity index (χ0) is 13.0. The molecule has 0 amide bonds. The van der Waals surface area contributed by atoms with Crippen LogP contribution in [-0.4, -0.2) is 0 Å². The SMILES string of the molecule is CC1(c2cccc(Cl)c2)C=CC=C(C=CC#N)C1. The van der Waals surface area contributed by atoms with Crippen LogP contribution in [0.15, 0.2) is 60.2 Å². The summed E-state index contributed by atoms with van der Waals surface area (Å²) in [7, 11) is 0. The second-order valence-corrected chi connectivity index (χ2v) is 5.10. The Balaban J connectivity index is 2.30. The van der Waals surface area contributed by atoms with E-state index in [1.54, 1.807) is 0 Å². The Bertz CT molecular complexity index is 575. The van der Waals surface area contributed by atoms with E-state index in [-0.39, 0.29) is 5.41 Å². The van der Waals surface area contributed by atoms with Crippen molar-refractivity contribution < 1.29 is 0 Å². The summed E-state index contributed by atoms with van der Waals surface area (Å²) in [6.45, 7) is 2.18. The lowest BCUT2D eigenvalue weighted by Crippen LogP contribution is -2.21. The summed E-state index contributed by atoms with van der Waals surface area (Å²) in [5.74, 6) is 0. The van der Waals surface area contributed by atoms with Crippen molar-refractivity contribution in [1.29, 1.82) is 5.26 Å². The van der Waals surface area contributed by atoms with Crippen LogP contribution in [0.4, 0.5) is 0 Å². The Morgan fingerprint density at radius 1 is 1.44 bits per heavy atom. The van der Waals surface area contributed by atoms with Gasteiger partial charge in [0.1, 0.15) is 0 Å². The van der Waals surface area contributed by atoms with E-state index in [1.807, 2.05) is 42.5 Å². The molecule has 0 N–H and O–H groups in total. The fourth-order valence-corrected chi connectivity index (χ4v) is 2.42. The van der Waals surface area contributed by atoms with Crippen LogP contribution in [0.25, 0.3) is 0 Å². The molecule has 0 aliphatic heterocycles. The smallest absolute Gasteiger partial charge is 0.0912 e. The highest BCUT2D eigenvalue weighted by molar-refractivity contribution is 6.30. The second-order valence-electron chi connectivity index (χ2n) is 4.67. The molecular weight excluding hydrogens is 242 g/mol. The predicted octanol–water partition coefficient (Wildman–Crippen LogP) is 4.56. The molecule has 1 atom stereocenters. The molecule has 0 bridgehead atoms. The molecule has 1 aromatic rings. The van der Waals surface area contributed by atoms with Gasteiger partial charge in [0.15, 0.2) is 0 Å². The van der Waals surface area contributed by atoms with Crippen LogP contribution in [0.2, 0.25) is 5.02 Å². The van der Waals surface area contributed by atoms with Crippen LogP contribution in [0.1, 0.15) is 18.9 Å². The molecular formula is C16H14ClN. The van der Waals surface area contributed by atoms with Crippen LogP contribution in [0, 0.1) is 11.3 Å². The Kier molecular flexibility index (Phi) is 3.69. The number of benzene rings is 1. The molecule has 1 unspecified atom stereocenters. The number of hydrogen-bond acceptors (Lipinski definition) is 1. The number of halogens is 1. The molecule has 18 heavy (non-hydrogen) atoms. The van der Waals surface area contributed by atoms with E-state index >= 15 is 0 Å².